The molecule has 0 saturated heterocycles. The van der Waals surface area contributed by atoms with E-state index in [2.05, 4.69) is 4.74 Å². The third kappa shape index (κ3) is 5.67. The summed E-state index contributed by atoms with van der Waals surface area (Å²) in [6.07, 6.45) is -15.3. The first-order valence-corrected chi connectivity index (χ1v) is 3.02. The molecule has 0 amide bonds. The van der Waals surface area contributed by atoms with Gasteiger partial charge in [0.2, 0.25) is 0 Å². The third-order valence-corrected chi connectivity index (χ3v) is 0.934. The summed E-state index contributed by atoms with van der Waals surface area (Å²) in [5.74, 6) is 0. The van der Waals surface area contributed by atoms with E-state index < -0.39 is 31.7 Å². The second-order valence-corrected chi connectivity index (χ2v) is 2.08. The zero-order chi connectivity index (χ0) is 10.7. The Bertz CT molecular complexity index is 151. The van der Waals surface area contributed by atoms with Crippen molar-refractivity contribution in [3.63, 3.8) is 0 Å². The second kappa shape index (κ2) is 4.12. The van der Waals surface area contributed by atoms with E-state index in [-0.39, 0.29) is 0 Å². The van der Waals surface area contributed by atoms with Gasteiger partial charge in [0.15, 0.2) is 0 Å². The molecule has 0 saturated carbocycles. The van der Waals surface area contributed by atoms with Crippen LogP contribution in [0.3, 0.4) is 0 Å². The standard InChI is InChI=1S/C5H5F7O/c6-3(7)5(11,12)13-2-1-4(8,9)10/h3H,1-2H2. The molecule has 0 aliphatic heterocycles. The molecule has 0 N–H and O–H groups in total. The maximum atomic E-state index is 11.8. The van der Waals surface area contributed by atoms with Gasteiger partial charge in [0.25, 0.3) is 0 Å². The van der Waals surface area contributed by atoms with Gasteiger partial charge in [-0.1, -0.05) is 0 Å². The highest BCUT2D eigenvalue weighted by Crippen LogP contribution is 2.26. The maximum Gasteiger partial charge on any atom is 0.416 e. The van der Waals surface area contributed by atoms with Gasteiger partial charge in [-0.05, 0) is 0 Å². The summed E-state index contributed by atoms with van der Waals surface area (Å²) in [6, 6.07) is 0. The average Bonchev–Trinajstić information content (AvgIpc) is 1.82. The van der Waals surface area contributed by atoms with Crippen molar-refractivity contribution in [1.82, 2.24) is 0 Å². The summed E-state index contributed by atoms with van der Waals surface area (Å²) in [6.45, 7) is -1.49. The summed E-state index contributed by atoms with van der Waals surface area (Å²) in [5.41, 5.74) is 0. The molecule has 0 heterocycles. The molecule has 0 aromatic heterocycles. The molecule has 8 heteroatoms. The van der Waals surface area contributed by atoms with E-state index in [1.165, 1.54) is 0 Å². The molecular formula is C5H5F7O. The molecule has 0 spiro atoms. The summed E-state index contributed by atoms with van der Waals surface area (Å²) >= 11 is 0. The van der Waals surface area contributed by atoms with Crippen LogP contribution in [0.5, 0.6) is 0 Å². The Hall–Kier alpha value is -0.530. The molecule has 0 atom stereocenters. The van der Waals surface area contributed by atoms with Crippen molar-refractivity contribution in [1.29, 1.82) is 0 Å². The minimum atomic E-state index is -4.81. The van der Waals surface area contributed by atoms with Crippen LogP contribution in [0.15, 0.2) is 0 Å². The van der Waals surface area contributed by atoms with Crippen LogP contribution >= 0.6 is 0 Å². The molecule has 0 unspecified atom stereocenters. The van der Waals surface area contributed by atoms with Crippen LogP contribution in [0, 0.1) is 0 Å². The lowest BCUT2D eigenvalue weighted by Crippen LogP contribution is -2.31. The van der Waals surface area contributed by atoms with E-state index in [1.54, 1.807) is 0 Å². The monoisotopic (exact) mass is 214 g/mol. The van der Waals surface area contributed by atoms with E-state index in [4.69, 9.17) is 0 Å². The Morgan fingerprint density at radius 3 is 1.77 bits per heavy atom. The van der Waals surface area contributed by atoms with Crippen molar-refractivity contribution in [2.75, 3.05) is 6.61 Å². The molecule has 0 aromatic rings. The van der Waals surface area contributed by atoms with E-state index in [0.29, 0.717) is 0 Å². The van der Waals surface area contributed by atoms with Crippen molar-refractivity contribution in [2.45, 2.75) is 25.1 Å². The molecule has 13 heavy (non-hydrogen) atoms. The first kappa shape index (κ1) is 12.5. The van der Waals surface area contributed by atoms with Gasteiger partial charge < -0.3 is 4.74 Å². The second-order valence-electron chi connectivity index (χ2n) is 2.08. The lowest BCUT2D eigenvalue weighted by molar-refractivity contribution is -0.306. The number of hydrogen-bond acceptors (Lipinski definition) is 1. The minimum absolute atomic E-state index is 1.49. The highest BCUT2D eigenvalue weighted by Gasteiger charge is 2.43. The molecule has 0 radical (unpaired) electrons. The van der Waals surface area contributed by atoms with Gasteiger partial charge in [-0.15, -0.1) is 0 Å². The van der Waals surface area contributed by atoms with Gasteiger partial charge in [0, 0.05) is 0 Å². The van der Waals surface area contributed by atoms with Crippen LogP contribution in [0.4, 0.5) is 30.7 Å². The largest absolute Gasteiger partial charge is 0.416 e. The zero-order valence-corrected chi connectivity index (χ0v) is 6.05. The molecule has 0 bridgehead atoms. The third-order valence-electron chi connectivity index (χ3n) is 0.934. The number of halogens is 7. The quantitative estimate of drug-likeness (QED) is 0.654. The molecule has 1 nitrogen and oxygen atoms in total. The molecule has 80 valence electrons. The van der Waals surface area contributed by atoms with E-state index >= 15 is 0 Å². The van der Waals surface area contributed by atoms with Crippen molar-refractivity contribution >= 4 is 0 Å². The Morgan fingerprint density at radius 1 is 1.00 bits per heavy atom. The van der Waals surface area contributed by atoms with Crippen LogP contribution in [0.1, 0.15) is 6.42 Å². The van der Waals surface area contributed by atoms with E-state index in [0.717, 1.165) is 0 Å². The minimum Gasteiger partial charge on any atom is -0.316 e. The molecule has 0 aliphatic carbocycles. The highest BCUT2D eigenvalue weighted by atomic mass is 19.4. The fourth-order valence-corrected chi connectivity index (χ4v) is 0.366. The Morgan fingerprint density at radius 2 is 1.46 bits per heavy atom. The number of alkyl halides is 7. The normalized spacial score (nSPS) is 13.8. The maximum absolute atomic E-state index is 11.8. The number of ether oxygens (including phenoxy) is 1. The van der Waals surface area contributed by atoms with E-state index in [9.17, 15) is 30.7 Å². The van der Waals surface area contributed by atoms with Crippen molar-refractivity contribution < 1.29 is 35.5 Å². The van der Waals surface area contributed by atoms with Gasteiger partial charge >= 0.3 is 18.7 Å². The molecule has 0 rings (SSSR count). The van der Waals surface area contributed by atoms with Crippen molar-refractivity contribution in [2.24, 2.45) is 0 Å². The zero-order valence-electron chi connectivity index (χ0n) is 6.05. The first-order valence-electron chi connectivity index (χ1n) is 3.02. The highest BCUT2D eigenvalue weighted by molar-refractivity contribution is 4.56. The molecular weight excluding hydrogens is 209 g/mol. The molecule has 0 fully saturated rings. The van der Waals surface area contributed by atoms with Crippen LogP contribution in [-0.4, -0.2) is 25.3 Å². The molecule has 0 aliphatic rings. The summed E-state index contributed by atoms with van der Waals surface area (Å²) in [7, 11) is 0. The van der Waals surface area contributed by atoms with Gasteiger partial charge in [-0.3, -0.25) is 0 Å². The Labute approximate surface area is 68.5 Å². The fraction of sp³-hybridized carbons (Fsp3) is 1.00. The fourth-order valence-electron chi connectivity index (χ4n) is 0.366. The number of hydrogen-bond donors (Lipinski definition) is 0. The predicted molar refractivity (Wildman–Crippen MR) is 27.6 cm³/mol. The van der Waals surface area contributed by atoms with Gasteiger partial charge in [0.05, 0.1) is 13.0 Å². The van der Waals surface area contributed by atoms with Crippen LogP contribution in [0.2, 0.25) is 0 Å². The Balaban J connectivity index is 3.77. The van der Waals surface area contributed by atoms with Gasteiger partial charge in [0.1, 0.15) is 0 Å². The summed E-state index contributed by atoms with van der Waals surface area (Å²) in [5, 5.41) is 0. The average molecular weight is 214 g/mol. The topological polar surface area (TPSA) is 9.23 Å². The van der Waals surface area contributed by atoms with E-state index in [1.807, 2.05) is 0 Å². The lowest BCUT2D eigenvalue weighted by atomic mass is 10.4. The van der Waals surface area contributed by atoms with Crippen LogP contribution in [0.25, 0.3) is 0 Å². The van der Waals surface area contributed by atoms with Gasteiger partial charge in [-0.25, -0.2) is 8.78 Å². The first-order chi connectivity index (χ1) is 5.65. The predicted octanol–water partition coefficient (Wildman–Crippen LogP) is 2.81. The smallest absolute Gasteiger partial charge is 0.316 e. The SMILES string of the molecule is FC(F)C(F)(F)OCCC(F)(F)F. The summed E-state index contributed by atoms with van der Waals surface area (Å²) in [4.78, 5) is 0. The van der Waals surface area contributed by atoms with Crippen LogP contribution < -0.4 is 0 Å². The van der Waals surface area contributed by atoms with Crippen molar-refractivity contribution in [3.05, 3.63) is 0 Å². The van der Waals surface area contributed by atoms with Crippen LogP contribution in [-0.2, 0) is 4.74 Å². The van der Waals surface area contributed by atoms with Gasteiger partial charge in [-0.2, -0.15) is 22.0 Å². The number of rotatable bonds is 4. The molecule has 0 aromatic carbocycles. The van der Waals surface area contributed by atoms with Crippen molar-refractivity contribution in [3.8, 4) is 0 Å². The lowest BCUT2D eigenvalue weighted by Gasteiger charge is -2.15. The Kier molecular flexibility index (Phi) is 3.95. The summed E-state index contributed by atoms with van der Waals surface area (Å²) < 4.78 is 83.1.